The SMILES string of the molecule is COC(=O)c1cc(C)cn1C(CCN=N)CN=[N+]=[N-]. The molecule has 0 saturated carbocycles. The highest BCUT2D eigenvalue weighted by Crippen LogP contribution is 2.19. The van der Waals surface area contributed by atoms with Crippen LogP contribution in [0.4, 0.5) is 0 Å². The maximum absolute atomic E-state index is 11.7. The highest BCUT2D eigenvalue weighted by molar-refractivity contribution is 5.88. The number of methoxy groups -OCH3 is 1. The molecule has 1 heterocycles. The van der Waals surface area contributed by atoms with E-state index in [9.17, 15) is 4.79 Å². The smallest absolute Gasteiger partial charge is 0.354 e. The molecule has 0 amide bonds. The van der Waals surface area contributed by atoms with Gasteiger partial charge in [0, 0.05) is 23.7 Å². The van der Waals surface area contributed by atoms with Crippen LogP contribution < -0.4 is 0 Å². The molecule has 1 aromatic heterocycles. The molecule has 102 valence electrons. The molecule has 19 heavy (non-hydrogen) atoms. The van der Waals surface area contributed by atoms with E-state index in [-0.39, 0.29) is 12.6 Å². The molecule has 0 spiro atoms. The second-order valence-corrected chi connectivity index (χ2v) is 4.04. The summed E-state index contributed by atoms with van der Waals surface area (Å²) in [6.45, 7) is 2.37. The van der Waals surface area contributed by atoms with Crippen LogP contribution >= 0.6 is 0 Å². The summed E-state index contributed by atoms with van der Waals surface area (Å²) in [5.41, 5.74) is 16.6. The zero-order valence-electron chi connectivity index (χ0n) is 10.9. The van der Waals surface area contributed by atoms with E-state index in [4.69, 9.17) is 15.8 Å². The topological polar surface area (TPSA) is 116 Å². The van der Waals surface area contributed by atoms with Gasteiger partial charge in [-0.3, -0.25) is 0 Å². The predicted octanol–water partition coefficient (Wildman–Crippen LogP) is 2.86. The molecule has 0 bridgehead atoms. The summed E-state index contributed by atoms with van der Waals surface area (Å²) >= 11 is 0. The lowest BCUT2D eigenvalue weighted by atomic mass is 10.2. The largest absolute Gasteiger partial charge is 0.464 e. The number of aryl methyl sites for hydroxylation is 1. The molecule has 0 aliphatic heterocycles. The number of carbonyl (C=O) groups excluding carboxylic acids is 1. The first-order valence-electron chi connectivity index (χ1n) is 5.75. The fourth-order valence-electron chi connectivity index (χ4n) is 1.85. The van der Waals surface area contributed by atoms with Crippen molar-refractivity contribution < 1.29 is 9.53 Å². The number of rotatable bonds is 7. The molecular weight excluding hydrogens is 248 g/mol. The Morgan fingerprint density at radius 1 is 1.68 bits per heavy atom. The quantitative estimate of drug-likeness (QED) is 0.353. The average molecular weight is 264 g/mol. The van der Waals surface area contributed by atoms with E-state index in [1.54, 1.807) is 16.8 Å². The van der Waals surface area contributed by atoms with Crippen LogP contribution in [-0.2, 0) is 4.74 Å². The Labute approximate surface area is 110 Å². The molecule has 0 aliphatic carbocycles. The first kappa shape index (κ1) is 14.7. The number of ether oxygens (including phenoxy) is 1. The van der Waals surface area contributed by atoms with Crippen molar-refractivity contribution in [1.29, 1.82) is 5.53 Å². The summed E-state index contributed by atoms with van der Waals surface area (Å²) < 4.78 is 6.45. The van der Waals surface area contributed by atoms with Gasteiger partial charge in [-0.15, -0.1) is 0 Å². The summed E-state index contributed by atoms with van der Waals surface area (Å²) in [6, 6.07) is 1.50. The normalized spacial score (nSPS) is 11.5. The predicted molar refractivity (Wildman–Crippen MR) is 68.2 cm³/mol. The number of azide groups is 1. The van der Waals surface area contributed by atoms with Crippen molar-refractivity contribution in [3.63, 3.8) is 0 Å². The molecule has 1 atom stereocenters. The van der Waals surface area contributed by atoms with Crippen molar-refractivity contribution in [2.75, 3.05) is 20.2 Å². The van der Waals surface area contributed by atoms with Gasteiger partial charge in [0.25, 0.3) is 0 Å². The Morgan fingerprint density at radius 2 is 2.42 bits per heavy atom. The minimum absolute atomic E-state index is 0.199. The second-order valence-electron chi connectivity index (χ2n) is 4.04. The van der Waals surface area contributed by atoms with E-state index in [0.717, 1.165) is 5.56 Å². The number of aromatic nitrogens is 1. The highest BCUT2D eigenvalue weighted by atomic mass is 16.5. The minimum atomic E-state index is -0.443. The standard InChI is InChI=1S/C11H16N6O2/c1-8-5-10(11(18)19-2)17(7-8)9(3-4-14-12)6-15-16-13/h5,7,9,12H,3-4,6H2,1-2H3. The summed E-state index contributed by atoms with van der Waals surface area (Å²) in [4.78, 5) is 14.4. The Hall–Kier alpha value is -2.34. The van der Waals surface area contributed by atoms with Crippen molar-refractivity contribution in [1.82, 2.24) is 4.57 Å². The molecule has 0 fully saturated rings. The molecule has 1 N–H and O–H groups in total. The van der Waals surface area contributed by atoms with Gasteiger partial charge in [0.15, 0.2) is 0 Å². The third-order valence-electron chi connectivity index (χ3n) is 2.70. The molecule has 1 unspecified atom stereocenters. The molecule has 0 aromatic carbocycles. The van der Waals surface area contributed by atoms with Crippen LogP contribution in [-0.4, -0.2) is 30.7 Å². The lowest BCUT2D eigenvalue weighted by Gasteiger charge is -2.18. The van der Waals surface area contributed by atoms with Crippen molar-refractivity contribution in [2.24, 2.45) is 10.2 Å². The van der Waals surface area contributed by atoms with Crippen LogP contribution in [0.2, 0.25) is 0 Å². The molecule has 1 aromatic rings. The van der Waals surface area contributed by atoms with Crippen LogP contribution in [0.3, 0.4) is 0 Å². The van der Waals surface area contributed by atoms with Gasteiger partial charge in [-0.05, 0) is 30.5 Å². The Kier molecular flexibility index (Phi) is 5.56. The maximum Gasteiger partial charge on any atom is 0.354 e. The third kappa shape index (κ3) is 3.82. The van der Waals surface area contributed by atoms with Crippen molar-refractivity contribution in [3.8, 4) is 0 Å². The number of carbonyl (C=O) groups is 1. The fraction of sp³-hybridized carbons (Fsp3) is 0.545. The molecule has 8 nitrogen and oxygen atoms in total. The fourth-order valence-corrected chi connectivity index (χ4v) is 1.85. The van der Waals surface area contributed by atoms with Gasteiger partial charge in [0.2, 0.25) is 0 Å². The first-order valence-corrected chi connectivity index (χ1v) is 5.75. The Morgan fingerprint density at radius 3 is 3.00 bits per heavy atom. The monoisotopic (exact) mass is 264 g/mol. The van der Waals surface area contributed by atoms with Crippen LogP contribution in [0.5, 0.6) is 0 Å². The van der Waals surface area contributed by atoms with Crippen LogP contribution in [0.25, 0.3) is 10.4 Å². The van der Waals surface area contributed by atoms with Crippen molar-refractivity contribution in [2.45, 2.75) is 19.4 Å². The number of nitrogens with zero attached hydrogens (tertiary/aromatic N) is 5. The van der Waals surface area contributed by atoms with Gasteiger partial charge in [-0.2, -0.15) is 5.11 Å². The molecule has 0 saturated heterocycles. The molecule has 8 heteroatoms. The lowest BCUT2D eigenvalue weighted by Crippen LogP contribution is -2.18. The molecule has 1 rings (SSSR count). The average Bonchev–Trinajstić information content (AvgIpc) is 2.80. The van der Waals surface area contributed by atoms with Crippen LogP contribution in [0.15, 0.2) is 22.5 Å². The Balaban J connectivity index is 3.08. The number of hydrogen-bond acceptors (Lipinski definition) is 5. The maximum atomic E-state index is 11.7. The number of esters is 1. The lowest BCUT2D eigenvalue weighted by molar-refractivity contribution is 0.0586. The molecule has 0 aliphatic rings. The van der Waals surface area contributed by atoms with Gasteiger partial charge >= 0.3 is 5.97 Å². The van der Waals surface area contributed by atoms with Gasteiger partial charge in [-0.1, -0.05) is 5.11 Å². The number of hydrogen-bond donors (Lipinski definition) is 1. The highest BCUT2D eigenvalue weighted by Gasteiger charge is 2.19. The van der Waals surface area contributed by atoms with Crippen molar-refractivity contribution in [3.05, 3.63) is 34.0 Å². The second kappa shape index (κ2) is 7.17. The molecule has 0 radical (unpaired) electrons. The van der Waals surface area contributed by atoms with Crippen LogP contribution in [0.1, 0.15) is 28.5 Å². The first-order chi connectivity index (χ1) is 9.13. The summed E-state index contributed by atoms with van der Waals surface area (Å²) in [7, 11) is 1.32. The van der Waals surface area contributed by atoms with E-state index in [2.05, 4.69) is 15.1 Å². The van der Waals surface area contributed by atoms with Gasteiger partial charge in [0.1, 0.15) is 5.69 Å². The van der Waals surface area contributed by atoms with E-state index in [1.165, 1.54) is 7.11 Å². The van der Waals surface area contributed by atoms with Crippen molar-refractivity contribution >= 4 is 5.97 Å². The third-order valence-corrected chi connectivity index (χ3v) is 2.70. The van der Waals surface area contributed by atoms with E-state index in [1.807, 2.05) is 6.92 Å². The van der Waals surface area contributed by atoms with E-state index < -0.39 is 5.97 Å². The van der Waals surface area contributed by atoms with Crippen LogP contribution in [0, 0.1) is 12.5 Å². The summed E-state index contributed by atoms with van der Waals surface area (Å²) in [5, 5.41) is 6.84. The zero-order chi connectivity index (χ0) is 14.3. The minimum Gasteiger partial charge on any atom is -0.464 e. The number of nitrogens with one attached hydrogen (secondary N) is 1. The summed E-state index contributed by atoms with van der Waals surface area (Å²) in [6.07, 6.45) is 2.31. The Bertz CT molecular complexity index is 503. The van der Waals surface area contributed by atoms with Gasteiger partial charge < -0.3 is 9.30 Å². The van der Waals surface area contributed by atoms with E-state index in [0.29, 0.717) is 18.7 Å². The van der Waals surface area contributed by atoms with Gasteiger partial charge in [-0.25, -0.2) is 10.3 Å². The van der Waals surface area contributed by atoms with E-state index >= 15 is 0 Å². The zero-order valence-corrected chi connectivity index (χ0v) is 10.9. The summed E-state index contributed by atoms with van der Waals surface area (Å²) in [5.74, 6) is -0.443. The molecular formula is C11H16N6O2. The van der Waals surface area contributed by atoms with Gasteiger partial charge in [0.05, 0.1) is 13.7 Å².